The lowest BCUT2D eigenvalue weighted by Gasteiger charge is -2.03. The summed E-state index contributed by atoms with van der Waals surface area (Å²) in [5.41, 5.74) is 0. The molecule has 0 unspecified atom stereocenters. The molecular formula is C10H11O3. The summed E-state index contributed by atoms with van der Waals surface area (Å²) >= 11 is 0. The van der Waals surface area contributed by atoms with Crippen LogP contribution in [0.15, 0.2) is 30.3 Å². The highest BCUT2D eigenvalue weighted by Gasteiger charge is 1.98. The molecule has 0 saturated heterocycles. The minimum absolute atomic E-state index is 0.0484. The van der Waals surface area contributed by atoms with Crippen LogP contribution >= 0.6 is 0 Å². The molecule has 1 aromatic rings. The van der Waals surface area contributed by atoms with Gasteiger partial charge in [-0.2, -0.15) is 0 Å². The maximum absolute atomic E-state index is 10.0. The van der Waals surface area contributed by atoms with E-state index in [0.29, 0.717) is 13.0 Å². The van der Waals surface area contributed by atoms with Crippen LogP contribution in [-0.4, -0.2) is 12.6 Å². The number of ether oxygens (including phenoxy) is 1. The first-order valence-electron chi connectivity index (χ1n) is 4.17. The smallest absolute Gasteiger partial charge is 0.355 e. The van der Waals surface area contributed by atoms with Gasteiger partial charge in [-0.25, -0.2) is 9.90 Å². The maximum atomic E-state index is 10.0. The number of rotatable bonds is 5. The summed E-state index contributed by atoms with van der Waals surface area (Å²) in [6.45, 7) is 0.415. The average Bonchev–Trinajstić information content (AvgIpc) is 2.14. The van der Waals surface area contributed by atoms with Crippen LogP contribution in [0.1, 0.15) is 12.8 Å². The quantitative estimate of drug-likeness (QED) is 0.647. The van der Waals surface area contributed by atoms with Gasteiger partial charge in [-0.05, 0) is 18.6 Å². The van der Waals surface area contributed by atoms with Crippen molar-refractivity contribution >= 4 is 5.97 Å². The van der Waals surface area contributed by atoms with Gasteiger partial charge in [0.15, 0.2) is 0 Å². The molecule has 0 aliphatic rings. The number of hydrogen-bond acceptors (Lipinski definition) is 2. The van der Waals surface area contributed by atoms with Gasteiger partial charge in [-0.1, -0.05) is 18.2 Å². The molecule has 1 rings (SSSR count). The molecule has 1 radical (unpaired) electrons. The second kappa shape index (κ2) is 5.19. The van der Waals surface area contributed by atoms with Crippen LogP contribution < -0.4 is 4.74 Å². The second-order valence-corrected chi connectivity index (χ2v) is 2.64. The molecule has 0 saturated carbocycles. The third-order valence-electron chi connectivity index (χ3n) is 1.54. The van der Waals surface area contributed by atoms with E-state index in [1.165, 1.54) is 0 Å². The van der Waals surface area contributed by atoms with Gasteiger partial charge < -0.3 is 4.74 Å². The highest BCUT2D eigenvalue weighted by Crippen LogP contribution is 2.08. The maximum Gasteiger partial charge on any atom is 0.355 e. The fraction of sp³-hybridized carbons (Fsp3) is 0.300. The Balaban J connectivity index is 2.17. The van der Waals surface area contributed by atoms with Gasteiger partial charge in [-0.15, -0.1) is 0 Å². The molecule has 13 heavy (non-hydrogen) atoms. The van der Waals surface area contributed by atoms with E-state index in [4.69, 9.17) is 4.74 Å². The van der Waals surface area contributed by atoms with Crippen LogP contribution in [0.4, 0.5) is 0 Å². The predicted molar refractivity (Wildman–Crippen MR) is 46.9 cm³/mol. The first-order chi connectivity index (χ1) is 6.29. The van der Waals surface area contributed by atoms with E-state index >= 15 is 0 Å². The predicted octanol–water partition coefficient (Wildman–Crippen LogP) is 1.80. The molecule has 69 valence electrons. The standard InChI is InChI=1S/C10H11O3/c11-10(12)7-4-8-13-9-5-2-1-3-6-9/h1-3,5-6H,4,7-8H2. The van der Waals surface area contributed by atoms with Crippen molar-refractivity contribution in [2.24, 2.45) is 0 Å². The molecule has 0 fully saturated rings. The van der Waals surface area contributed by atoms with E-state index in [2.05, 4.69) is 0 Å². The highest BCUT2D eigenvalue weighted by atomic mass is 16.5. The zero-order valence-electron chi connectivity index (χ0n) is 7.23. The largest absolute Gasteiger partial charge is 0.494 e. The fourth-order valence-electron chi connectivity index (χ4n) is 0.923. The lowest BCUT2D eigenvalue weighted by atomic mass is 10.3. The summed E-state index contributed by atoms with van der Waals surface area (Å²) in [6, 6.07) is 9.30. The number of carbonyl (C=O) groups excluding carboxylic acids is 1. The van der Waals surface area contributed by atoms with E-state index in [1.807, 2.05) is 30.3 Å². The molecule has 0 spiro atoms. The summed E-state index contributed by atoms with van der Waals surface area (Å²) in [6.07, 6.45) is 0.532. The number of carbonyl (C=O) groups is 1. The minimum atomic E-state index is -1.03. The molecule has 0 aliphatic carbocycles. The lowest BCUT2D eigenvalue weighted by Crippen LogP contribution is -2.00. The Bertz CT molecular complexity index is 256. The van der Waals surface area contributed by atoms with Gasteiger partial charge in [0, 0.05) is 0 Å². The van der Waals surface area contributed by atoms with Crippen LogP contribution in [0.3, 0.4) is 0 Å². The number of para-hydroxylation sites is 1. The molecule has 0 amide bonds. The second-order valence-electron chi connectivity index (χ2n) is 2.64. The van der Waals surface area contributed by atoms with E-state index in [0.717, 1.165) is 5.75 Å². The number of benzene rings is 1. The lowest BCUT2D eigenvalue weighted by molar-refractivity contribution is -0.143. The Morgan fingerprint density at radius 3 is 2.54 bits per heavy atom. The SMILES string of the molecule is [O]C(=O)CCCOc1ccccc1. The molecule has 3 nitrogen and oxygen atoms in total. The Morgan fingerprint density at radius 2 is 1.92 bits per heavy atom. The zero-order valence-corrected chi connectivity index (χ0v) is 7.23. The van der Waals surface area contributed by atoms with Crippen LogP contribution in [0.5, 0.6) is 5.75 Å². The zero-order chi connectivity index (χ0) is 9.52. The summed E-state index contributed by atoms with van der Waals surface area (Å²) in [7, 11) is 0. The molecule has 3 heteroatoms. The summed E-state index contributed by atoms with van der Waals surface area (Å²) in [4.78, 5) is 10.0. The van der Waals surface area contributed by atoms with E-state index in [9.17, 15) is 9.90 Å². The number of hydrogen-bond donors (Lipinski definition) is 0. The molecular weight excluding hydrogens is 168 g/mol. The monoisotopic (exact) mass is 179 g/mol. The highest BCUT2D eigenvalue weighted by molar-refractivity contribution is 5.66. The van der Waals surface area contributed by atoms with Gasteiger partial charge in [0.2, 0.25) is 0 Å². The first-order valence-corrected chi connectivity index (χ1v) is 4.17. The molecule has 0 heterocycles. The van der Waals surface area contributed by atoms with Crippen molar-refractivity contribution in [3.05, 3.63) is 30.3 Å². The molecule has 0 N–H and O–H groups in total. The Labute approximate surface area is 77.0 Å². The van der Waals surface area contributed by atoms with Crippen molar-refractivity contribution in [3.63, 3.8) is 0 Å². The van der Waals surface area contributed by atoms with E-state index in [1.54, 1.807) is 0 Å². The first kappa shape index (κ1) is 9.58. The summed E-state index contributed by atoms with van der Waals surface area (Å²) < 4.78 is 5.27. The van der Waals surface area contributed by atoms with Crippen molar-refractivity contribution in [2.45, 2.75) is 12.8 Å². The molecule has 0 aromatic heterocycles. The van der Waals surface area contributed by atoms with Crippen molar-refractivity contribution in [3.8, 4) is 5.75 Å². The average molecular weight is 179 g/mol. The van der Waals surface area contributed by atoms with Crippen molar-refractivity contribution in [1.29, 1.82) is 0 Å². The van der Waals surface area contributed by atoms with Crippen molar-refractivity contribution in [2.75, 3.05) is 6.61 Å². The Hall–Kier alpha value is -1.51. The Kier molecular flexibility index (Phi) is 3.82. The van der Waals surface area contributed by atoms with E-state index < -0.39 is 5.97 Å². The summed E-state index contributed by atoms with van der Waals surface area (Å²) in [5, 5.41) is 10.0. The normalized spacial score (nSPS) is 9.54. The molecule has 1 aromatic carbocycles. The van der Waals surface area contributed by atoms with Crippen molar-refractivity contribution in [1.82, 2.24) is 0 Å². The van der Waals surface area contributed by atoms with Crippen LogP contribution in [0.2, 0.25) is 0 Å². The van der Waals surface area contributed by atoms with Gasteiger partial charge in [-0.3, -0.25) is 0 Å². The van der Waals surface area contributed by atoms with Gasteiger partial charge in [0.1, 0.15) is 5.75 Å². The summed E-state index contributed by atoms with van der Waals surface area (Å²) in [5.74, 6) is -0.266. The molecule has 0 bridgehead atoms. The van der Waals surface area contributed by atoms with Gasteiger partial charge in [0.05, 0.1) is 13.0 Å². The van der Waals surface area contributed by atoms with Crippen LogP contribution in [0, 0.1) is 0 Å². The van der Waals surface area contributed by atoms with Crippen LogP contribution in [-0.2, 0) is 9.90 Å². The van der Waals surface area contributed by atoms with Crippen molar-refractivity contribution < 1.29 is 14.6 Å². The fourth-order valence-corrected chi connectivity index (χ4v) is 0.923. The molecule has 0 aliphatic heterocycles. The topological polar surface area (TPSA) is 46.2 Å². The van der Waals surface area contributed by atoms with Gasteiger partial charge in [0.25, 0.3) is 0 Å². The van der Waals surface area contributed by atoms with Gasteiger partial charge >= 0.3 is 5.97 Å². The van der Waals surface area contributed by atoms with Crippen LogP contribution in [0.25, 0.3) is 0 Å². The third kappa shape index (κ3) is 4.15. The van der Waals surface area contributed by atoms with E-state index in [-0.39, 0.29) is 6.42 Å². The minimum Gasteiger partial charge on any atom is -0.494 e. The Morgan fingerprint density at radius 1 is 1.23 bits per heavy atom. The molecule has 0 atom stereocenters. The third-order valence-corrected chi connectivity index (χ3v) is 1.54.